The van der Waals surface area contributed by atoms with Crippen molar-refractivity contribution in [2.75, 3.05) is 11.1 Å². The summed E-state index contributed by atoms with van der Waals surface area (Å²) in [4.78, 5) is 25.9. The summed E-state index contributed by atoms with van der Waals surface area (Å²) in [6.45, 7) is 0. The molecule has 2 rings (SSSR count). The Balaban J connectivity index is 2.34. The topological polar surface area (TPSA) is 131 Å². The van der Waals surface area contributed by atoms with Crippen LogP contribution in [-0.2, 0) is 0 Å². The van der Waals surface area contributed by atoms with Gasteiger partial charge in [-0.3, -0.25) is 4.79 Å². The van der Waals surface area contributed by atoms with Gasteiger partial charge in [-0.2, -0.15) is 0 Å². The van der Waals surface area contributed by atoms with Crippen molar-refractivity contribution in [1.29, 1.82) is 0 Å². The van der Waals surface area contributed by atoms with Crippen LogP contribution in [0.3, 0.4) is 0 Å². The number of hydrogen-bond acceptors (Lipinski definition) is 5. The van der Waals surface area contributed by atoms with Gasteiger partial charge in [0.15, 0.2) is 11.5 Å². The van der Waals surface area contributed by atoms with Gasteiger partial charge in [0.2, 0.25) is 5.91 Å². The number of pyridine rings is 1. The zero-order valence-electron chi connectivity index (χ0n) is 10.3. The normalized spacial score (nSPS) is 10.0. The molecule has 0 unspecified atom stereocenters. The van der Waals surface area contributed by atoms with Crippen molar-refractivity contribution in [3.8, 4) is 0 Å². The van der Waals surface area contributed by atoms with E-state index < -0.39 is 11.9 Å². The van der Waals surface area contributed by atoms with Crippen LogP contribution in [0.5, 0.6) is 0 Å². The molecule has 0 spiro atoms. The van der Waals surface area contributed by atoms with Crippen LogP contribution >= 0.6 is 0 Å². The monoisotopic (exact) mass is 272 g/mol. The minimum atomic E-state index is -1.15. The molecule has 1 aromatic heterocycles. The SMILES string of the molecule is NC(=O)c1cccc(Nc2nc(C(=O)O)ccc2N)c1. The minimum Gasteiger partial charge on any atom is -0.477 e. The van der Waals surface area contributed by atoms with Crippen LogP contribution in [0.1, 0.15) is 20.8 Å². The maximum atomic E-state index is 11.1. The fraction of sp³-hybridized carbons (Fsp3) is 0. The first-order valence-electron chi connectivity index (χ1n) is 5.64. The van der Waals surface area contributed by atoms with Crippen molar-refractivity contribution in [3.63, 3.8) is 0 Å². The predicted molar refractivity (Wildman–Crippen MR) is 73.9 cm³/mol. The highest BCUT2D eigenvalue weighted by atomic mass is 16.4. The number of carboxylic acid groups (broad SMARTS) is 1. The average Bonchev–Trinajstić information content (AvgIpc) is 2.41. The molecule has 0 bridgehead atoms. The summed E-state index contributed by atoms with van der Waals surface area (Å²) < 4.78 is 0. The minimum absolute atomic E-state index is 0.132. The van der Waals surface area contributed by atoms with Crippen LogP contribution in [0.15, 0.2) is 36.4 Å². The van der Waals surface area contributed by atoms with Gasteiger partial charge < -0.3 is 21.9 Å². The van der Waals surface area contributed by atoms with E-state index in [0.717, 1.165) is 0 Å². The summed E-state index contributed by atoms with van der Waals surface area (Å²) in [7, 11) is 0. The Morgan fingerprint density at radius 1 is 1.20 bits per heavy atom. The van der Waals surface area contributed by atoms with Crippen molar-refractivity contribution < 1.29 is 14.7 Å². The van der Waals surface area contributed by atoms with Crippen molar-refractivity contribution in [2.24, 2.45) is 5.73 Å². The third kappa shape index (κ3) is 2.83. The van der Waals surface area contributed by atoms with Crippen LogP contribution in [0.25, 0.3) is 0 Å². The lowest BCUT2D eigenvalue weighted by Crippen LogP contribution is -2.11. The first-order chi connectivity index (χ1) is 9.47. The molecule has 7 heteroatoms. The molecule has 0 aliphatic heterocycles. The highest BCUT2D eigenvalue weighted by molar-refractivity contribution is 5.94. The number of nitrogens with two attached hydrogens (primary N) is 2. The second-order valence-corrected chi connectivity index (χ2v) is 4.01. The Bertz CT molecular complexity index is 685. The fourth-order valence-corrected chi connectivity index (χ4v) is 1.58. The predicted octanol–water partition coefficient (Wildman–Crippen LogP) is 1.20. The molecule has 20 heavy (non-hydrogen) atoms. The van der Waals surface area contributed by atoms with E-state index in [1.54, 1.807) is 18.2 Å². The fourth-order valence-electron chi connectivity index (χ4n) is 1.58. The van der Waals surface area contributed by atoms with Crippen molar-refractivity contribution in [1.82, 2.24) is 4.98 Å². The smallest absolute Gasteiger partial charge is 0.354 e. The molecule has 0 atom stereocenters. The number of nitrogen functional groups attached to an aromatic ring is 1. The number of rotatable bonds is 4. The second-order valence-electron chi connectivity index (χ2n) is 4.01. The molecule has 0 aliphatic rings. The molecule has 0 radical (unpaired) electrons. The van der Waals surface area contributed by atoms with E-state index in [1.807, 2.05) is 0 Å². The van der Waals surface area contributed by atoms with E-state index in [1.165, 1.54) is 18.2 Å². The standard InChI is InChI=1S/C13H12N4O3/c14-9-4-5-10(13(19)20)17-12(9)16-8-3-1-2-7(6-8)11(15)18/h1-6H,14H2,(H2,15,18)(H,16,17)(H,19,20). The van der Waals surface area contributed by atoms with Gasteiger partial charge in [0, 0.05) is 11.3 Å². The molecule has 1 heterocycles. The molecule has 6 N–H and O–H groups in total. The van der Waals surface area contributed by atoms with Gasteiger partial charge in [0.05, 0.1) is 5.69 Å². The number of carbonyl (C=O) groups is 2. The van der Waals surface area contributed by atoms with Gasteiger partial charge in [-0.1, -0.05) is 6.07 Å². The van der Waals surface area contributed by atoms with Crippen molar-refractivity contribution in [2.45, 2.75) is 0 Å². The molecule has 1 aromatic carbocycles. The summed E-state index contributed by atoms with van der Waals surface area (Å²) >= 11 is 0. The van der Waals surface area contributed by atoms with Crippen LogP contribution in [0.2, 0.25) is 0 Å². The number of anilines is 3. The summed E-state index contributed by atoms with van der Waals surface area (Å²) in [6.07, 6.45) is 0. The lowest BCUT2D eigenvalue weighted by molar-refractivity contribution is 0.0690. The average molecular weight is 272 g/mol. The Kier molecular flexibility index (Phi) is 3.52. The summed E-state index contributed by atoms with van der Waals surface area (Å²) in [5.41, 5.74) is 11.9. The number of primary amides is 1. The van der Waals surface area contributed by atoms with Crippen molar-refractivity contribution in [3.05, 3.63) is 47.7 Å². The molecule has 7 nitrogen and oxygen atoms in total. The Hall–Kier alpha value is -3.09. The third-order valence-corrected chi connectivity index (χ3v) is 2.56. The molecule has 0 aliphatic carbocycles. The lowest BCUT2D eigenvalue weighted by Gasteiger charge is -2.09. The molecular formula is C13H12N4O3. The molecule has 2 aromatic rings. The number of carbonyl (C=O) groups excluding carboxylic acids is 1. The van der Waals surface area contributed by atoms with E-state index in [2.05, 4.69) is 10.3 Å². The number of hydrogen-bond donors (Lipinski definition) is 4. The molecular weight excluding hydrogens is 260 g/mol. The van der Waals surface area contributed by atoms with Crippen LogP contribution < -0.4 is 16.8 Å². The number of nitrogens with zero attached hydrogens (tertiary/aromatic N) is 1. The number of carboxylic acids is 1. The quantitative estimate of drug-likeness (QED) is 0.661. The Morgan fingerprint density at radius 3 is 2.60 bits per heavy atom. The van der Waals surface area contributed by atoms with E-state index in [9.17, 15) is 9.59 Å². The summed E-state index contributed by atoms with van der Waals surface area (Å²) in [6, 6.07) is 9.16. The van der Waals surface area contributed by atoms with Gasteiger partial charge in [-0.05, 0) is 30.3 Å². The number of nitrogens with one attached hydrogen (secondary N) is 1. The van der Waals surface area contributed by atoms with Gasteiger partial charge in [-0.25, -0.2) is 9.78 Å². The van der Waals surface area contributed by atoms with E-state index in [0.29, 0.717) is 16.9 Å². The summed E-state index contributed by atoms with van der Waals surface area (Å²) in [5, 5.41) is 11.7. The highest BCUT2D eigenvalue weighted by Gasteiger charge is 2.09. The Morgan fingerprint density at radius 2 is 1.95 bits per heavy atom. The highest BCUT2D eigenvalue weighted by Crippen LogP contribution is 2.21. The third-order valence-electron chi connectivity index (χ3n) is 2.56. The molecule has 0 saturated carbocycles. The summed E-state index contributed by atoms with van der Waals surface area (Å²) in [5.74, 6) is -1.51. The van der Waals surface area contributed by atoms with Gasteiger partial charge in [0.25, 0.3) is 0 Å². The van der Waals surface area contributed by atoms with E-state index >= 15 is 0 Å². The zero-order valence-corrected chi connectivity index (χ0v) is 10.3. The lowest BCUT2D eigenvalue weighted by atomic mass is 10.2. The second kappa shape index (κ2) is 5.27. The number of benzene rings is 1. The number of aromatic nitrogens is 1. The zero-order chi connectivity index (χ0) is 14.7. The molecule has 0 fully saturated rings. The maximum Gasteiger partial charge on any atom is 0.354 e. The maximum absolute atomic E-state index is 11.1. The van der Waals surface area contributed by atoms with Gasteiger partial charge >= 0.3 is 5.97 Å². The van der Waals surface area contributed by atoms with Crippen LogP contribution in [0.4, 0.5) is 17.2 Å². The van der Waals surface area contributed by atoms with Gasteiger partial charge in [0.1, 0.15) is 0 Å². The molecule has 0 saturated heterocycles. The molecule has 102 valence electrons. The van der Waals surface area contributed by atoms with Crippen LogP contribution in [-0.4, -0.2) is 22.0 Å². The van der Waals surface area contributed by atoms with Crippen LogP contribution in [0, 0.1) is 0 Å². The largest absolute Gasteiger partial charge is 0.477 e. The van der Waals surface area contributed by atoms with E-state index in [4.69, 9.17) is 16.6 Å². The first-order valence-corrected chi connectivity index (χ1v) is 5.64. The molecule has 1 amide bonds. The number of aromatic carboxylic acids is 1. The van der Waals surface area contributed by atoms with Crippen molar-refractivity contribution >= 4 is 29.1 Å². The van der Waals surface area contributed by atoms with E-state index in [-0.39, 0.29) is 11.5 Å². The first kappa shape index (κ1) is 13.3. The Labute approximate surface area is 114 Å². The number of amides is 1. The van der Waals surface area contributed by atoms with Gasteiger partial charge in [-0.15, -0.1) is 0 Å².